The molecule has 4 rings (SSSR count). The van der Waals surface area contributed by atoms with Gasteiger partial charge in [0.15, 0.2) is 5.60 Å². The van der Waals surface area contributed by atoms with E-state index < -0.39 is 5.60 Å². The highest BCUT2D eigenvalue weighted by Gasteiger charge is 2.69. The average molecular weight is 493 g/mol. The van der Waals surface area contributed by atoms with Crippen LogP contribution in [0.5, 0.6) is 0 Å². The van der Waals surface area contributed by atoms with E-state index in [4.69, 9.17) is 11.2 Å². The van der Waals surface area contributed by atoms with Crippen LogP contribution in [0.4, 0.5) is 0 Å². The Labute approximate surface area is 183 Å². The SMILES string of the molecule is C#C[C@]1(OC(C)=O)CC[C@H]2[C@]3(C)CCC4=CC(=NI)CC[C@@H]4[C@H]3CC[C@@]21CC. The Morgan fingerprint density at radius 1 is 1.32 bits per heavy atom. The number of allylic oxidation sites excluding steroid dienone is 2. The van der Waals surface area contributed by atoms with Gasteiger partial charge in [0.2, 0.25) is 0 Å². The fraction of sp³-hybridized carbons (Fsp3) is 0.750. The predicted molar refractivity (Wildman–Crippen MR) is 121 cm³/mol. The Balaban J connectivity index is 1.72. The Kier molecular flexibility index (Phi) is 5.22. The minimum absolute atomic E-state index is 0.0661. The molecule has 0 spiro atoms. The number of rotatable bonds is 2. The summed E-state index contributed by atoms with van der Waals surface area (Å²) in [5.41, 5.74) is 2.40. The van der Waals surface area contributed by atoms with Gasteiger partial charge in [-0.3, -0.25) is 4.79 Å². The van der Waals surface area contributed by atoms with Crippen molar-refractivity contribution in [3.63, 3.8) is 0 Å². The molecular formula is C24H32INO2. The zero-order valence-corrected chi connectivity index (χ0v) is 19.5. The Hall–Kier alpha value is -0.830. The minimum Gasteiger partial charge on any atom is -0.445 e. The van der Waals surface area contributed by atoms with E-state index >= 15 is 0 Å². The molecule has 3 saturated carbocycles. The molecule has 0 unspecified atom stereocenters. The quantitative estimate of drug-likeness (QED) is 0.266. The highest BCUT2D eigenvalue weighted by molar-refractivity contribution is 14.1. The second-order valence-corrected chi connectivity index (χ2v) is 10.2. The van der Waals surface area contributed by atoms with E-state index in [-0.39, 0.29) is 16.8 Å². The van der Waals surface area contributed by atoms with Crippen molar-refractivity contribution in [2.24, 2.45) is 31.8 Å². The summed E-state index contributed by atoms with van der Waals surface area (Å²) in [6, 6.07) is 0. The van der Waals surface area contributed by atoms with Crippen LogP contribution in [0.2, 0.25) is 0 Å². The highest BCUT2D eigenvalue weighted by Crippen LogP contribution is 2.71. The van der Waals surface area contributed by atoms with Gasteiger partial charge in [0.25, 0.3) is 0 Å². The first-order valence-corrected chi connectivity index (χ1v) is 11.9. The second-order valence-electron chi connectivity index (χ2n) is 9.76. The summed E-state index contributed by atoms with van der Waals surface area (Å²) in [6.07, 6.45) is 18.4. The van der Waals surface area contributed by atoms with Crippen molar-refractivity contribution in [2.45, 2.75) is 84.2 Å². The third-order valence-electron chi connectivity index (χ3n) is 9.07. The van der Waals surface area contributed by atoms with Crippen LogP contribution in [0.25, 0.3) is 0 Å². The molecule has 0 amide bonds. The summed E-state index contributed by atoms with van der Waals surface area (Å²) >= 11 is 2.14. The van der Waals surface area contributed by atoms with Crippen LogP contribution in [0.15, 0.2) is 14.9 Å². The van der Waals surface area contributed by atoms with Gasteiger partial charge in [0.1, 0.15) is 0 Å². The summed E-state index contributed by atoms with van der Waals surface area (Å²) in [5, 5.41) is 0. The molecule has 0 aromatic rings. The molecule has 152 valence electrons. The van der Waals surface area contributed by atoms with Crippen LogP contribution in [0, 0.1) is 40.9 Å². The molecule has 4 aliphatic carbocycles. The summed E-state index contributed by atoms with van der Waals surface area (Å²) in [6.45, 7) is 6.30. The zero-order chi connectivity index (χ0) is 20.2. The van der Waals surface area contributed by atoms with E-state index in [2.05, 4.69) is 51.9 Å². The molecule has 3 fully saturated rings. The van der Waals surface area contributed by atoms with Gasteiger partial charge in [-0.2, -0.15) is 0 Å². The van der Waals surface area contributed by atoms with Crippen LogP contribution in [0.3, 0.4) is 0 Å². The monoisotopic (exact) mass is 493 g/mol. The highest BCUT2D eigenvalue weighted by atomic mass is 127. The fourth-order valence-corrected chi connectivity index (χ4v) is 8.33. The van der Waals surface area contributed by atoms with Crippen LogP contribution in [0.1, 0.15) is 78.6 Å². The van der Waals surface area contributed by atoms with E-state index in [1.807, 2.05) is 0 Å². The second kappa shape index (κ2) is 7.15. The lowest BCUT2D eigenvalue weighted by atomic mass is 9.43. The fourth-order valence-electron chi connectivity index (χ4n) is 7.94. The summed E-state index contributed by atoms with van der Waals surface area (Å²) < 4.78 is 10.4. The van der Waals surface area contributed by atoms with Crippen LogP contribution < -0.4 is 0 Å². The molecule has 0 N–H and O–H groups in total. The molecule has 0 bridgehead atoms. The van der Waals surface area contributed by atoms with Crippen LogP contribution >= 0.6 is 22.9 Å². The van der Waals surface area contributed by atoms with Gasteiger partial charge in [0, 0.05) is 18.1 Å². The number of fused-ring (bicyclic) bond motifs is 5. The molecule has 4 aliphatic rings. The number of carbonyl (C=O) groups excluding carboxylic acids is 1. The number of hydrogen-bond donors (Lipinski definition) is 0. The number of carbonyl (C=O) groups is 1. The van der Waals surface area contributed by atoms with Gasteiger partial charge >= 0.3 is 5.97 Å². The number of halogens is 1. The molecule has 3 nitrogen and oxygen atoms in total. The van der Waals surface area contributed by atoms with Gasteiger partial charge in [-0.15, -0.1) is 6.42 Å². The van der Waals surface area contributed by atoms with E-state index in [1.165, 1.54) is 38.3 Å². The van der Waals surface area contributed by atoms with Crippen molar-refractivity contribution in [3.8, 4) is 12.3 Å². The molecule has 0 aliphatic heterocycles. The van der Waals surface area contributed by atoms with Gasteiger partial charge in [-0.05, 0) is 87.0 Å². The molecule has 0 saturated heterocycles. The average Bonchev–Trinajstić information content (AvgIpc) is 3.02. The number of esters is 1. The molecular weight excluding hydrogens is 461 g/mol. The Bertz CT molecular complexity index is 780. The van der Waals surface area contributed by atoms with Crippen molar-refractivity contribution in [2.75, 3.05) is 0 Å². The minimum atomic E-state index is -0.712. The molecule has 28 heavy (non-hydrogen) atoms. The topological polar surface area (TPSA) is 38.7 Å². The maximum Gasteiger partial charge on any atom is 0.304 e. The number of hydrogen-bond acceptors (Lipinski definition) is 3. The van der Waals surface area contributed by atoms with Gasteiger partial charge in [-0.1, -0.05) is 25.3 Å². The first kappa shape index (κ1) is 20.4. The standard InChI is InChI=1S/C24H32INO2/c1-5-23-13-10-20-19-8-7-18(26-25)15-17(19)9-12-22(20,4)21(23)11-14-24(23,6-2)28-16(3)27/h2,15,19-21H,5,7-14H2,1,3-4H3/t19-,20+,21-,22+,23-,24-/m0/s1. The molecule has 6 atom stereocenters. The van der Waals surface area contributed by atoms with Crippen LogP contribution in [-0.4, -0.2) is 17.3 Å². The smallest absolute Gasteiger partial charge is 0.304 e. The van der Waals surface area contributed by atoms with Crippen molar-refractivity contribution in [1.82, 2.24) is 0 Å². The van der Waals surface area contributed by atoms with Gasteiger partial charge in [0.05, 0.1) is 22.9 Å². The molecule has 4 heteroatoms. The third-order valence-corrected chi connectivity index (χ3v) is 9.69. The largest absolute Gasteiger partial charge is 0.445 e. The zero-order valence-electron chi connectivity index (χ0n) is 17.4. The summed E-state index contributed by atoms with van der Waals surface area (Å²) in [4.78, 5) is 12.0. The summed E-state index contributed by atoms with van der Waals surface area (Å²) in [7, 11) is 0. The number of ether oxygens (including phenoxy) is 1. The maximum atomic E-state index is 12.0. The molecule has 0 radical (unpaired) electrons. The Morgan fingerprint density at radius 3 is 2.75 bits per heavy atom. The van der Waals surface area contributed by atoms with E-state index in [1.54, 1.807) is 5.57 Å². The normalized spacial score (nSPS) is 46.0. The lowest BCUT2D eigenvalue weighted by Crippen LogP contribution is -2.58. The first-order chi connectivity index (χ1) is 13.4. The van der Waals surface area contributed by atoms with Gasteiger partial charge in [-0.25, -0.2) is 3.21 Å². The maximum absolute atomic E-state index is 12.0. The van der Waals surface area contributed by atoms with E-state index in [0.717, 1.165) is 38.0 Å². The van der Waals surface area contributed by atoms with Crippen LogP contribution in [-0.2, 0) is 9.53 Å². The third kappa shape index (κ3) is 2.67. The van der Waals surface area contributed by atoms with Gasteiger partial charge < -0.3 is 4.74 Å². The number of terminal acetylenes is 1. The summed E-state index contributed by atoms with van der Waals surface area (Å²) in [5.74, 6) is 4.74. The molecule has 0 aromatic heterocycles. The van der Waals surface area contributed by atoms with E-state index in [0.29, 0.717) is 11.8 Å². The Morgan fingerprint density at radius 2 is 2.11 bits per heavy atom. The number of nitrogens with zero attached hydrogens (tertiary/aromatic N) is 1. The van der Waals surface area contributed by atoms with Crippen molar-refractivity contribution >= 4 is 34.5 Å². The molecule has 0 aromatic carbocycles. The van der Waals surface area contributed by atoms with Crippen molar-refractivity contribution < 1.29 is 9.53 Å². The lowest BCUT2D eigenvalue weighted by Gasteiger charge is -2.61. The van der Waals surface area contributed by atoms with E-state index in [9.17, 15) is 4.79 Å². The lowest BCUT2D eigenvalue weighted by molar-refractivity contribution is -0.179. The predicted octanol–water partition coefficient (Wildman–Crippen LogP) is 6.07. The van der Waals surface area contributed by atoms with Crippen molar-refractivity contribution in [3.05, 3.63) is 11.6 Å². The first-order valence-electron chi connectivity index (χ1n) is 10.9. The molecule has 0 heterocycles. The van der Waals surface area contributed by atoms with Crippen molar-refractivity contribution in [1.29, 1.82) is 0 Å².